The van der Waals surface area contributed by atoms with E-state index in [0.29, 0.717) is 5.92 Å². The number of carbonyl (C=O) groups is 1. The van der Waals surface area contributed by atoms with Gasteiger partial charge < -0.3 is 0 Å². The van der Waals surface area contributed by atoms with Crippen LogP contribution >= 0.6 is 0 Å². The average molecular weight is 208 g/mol. The number of allylic oxidation sites excluding steroid dienone is 4. The second-order valence-electron chi connectivity index (χ2n) is 4.45. The number of Topliss-reactive ketones (excluding diaryl/α,β-unsaturated/α-hetero) is 1. The van der Waals surface area contributed by atoms with E-state index in [1.807, 2.05) is 32.9 Å². The van der Waals surface area contributed by atoms with Gasteiger partial charge in [-0.1, -0.05) is 45.9 Å². The minimum Gasteiger partial charge on any atom is -0.294 e. The average Bonchev–Trinajstić information content (AvgIpc) is 2.22. The van der Waals surface area contributed by atoms with Crippen molar-refractivity contribution >= 4 is 5.78 Å². The molecule has 0 N–H and O–H groups in total. The first kappa shape index (κ1) is 14.2. The minimum atomic E-state index is 0.139. The Labute approximate surface area is 94.3 Å². The molecule has 0 spiro atoms. The molecule has 0 fully saturated rings. The maximum absolute atomic E-state index is 11.9. The number of hydrogen-bond acceptors (Lipinski definition) is 1. The summed E-state index contributed by atoms with van der Waals surface area (Å²) in [6.45, 7) is 10.3. The summed E-state index contributed by atoms with van der Waals surface area (Å²) in [6.07, 6.45) is 7.92. The van der Waals surface area contributed by atoms with Crippen molar-refractivity contribution in [3.63, 3.8) is 0 Å². The second-order valence-corrected chi connectivity index (χ2v) is 4.45. The van der Waals surface area contributed by atoms with E-state index in [2.05, 4.69) is 19.9 Å². The molecule has 0 aliphatic carbocycles. The van der Waals surface area contributed by atoms with Gasteiger partial charge in [0.25, 0.3) is 0 Å². The maximum Gasteiger partial charge on any atom is 0.165 e. The number of ketones is 1. The van der Waals surface area contributed by atoms with E-state index in [1.165, 1.54) is 0 Å². The lowest BCUT2D eigenvalue weighted by Gasteiger charge is -2.07. The van der Waals surface area contributed by atoms with Crippen LogP contribution in [-0.4, -0.2) is 5.78 Å². The van der Waals surface area contributed by atoms with Gasteiger partial charge in [0.15, 0.2) is 5.78 Å². The van der Waals surface area contributed by atoms with Gasteiger partial charge in [-0.05, 0) is 25.7 Å². The van der Waals surface area contributed by atoms with Gasteiger partial charge in [-0.15, -0.1) is 0 Å². The Hall–Kier alpha value is -0.850. The monoisotopic (exact) mass is 208 g/mol. The highest BCUT2D eigenvalue weighted by Crippen LogP contribution is 2.12. The Balaban J connectivity index is 4.39. The van der Waals surface area contributed by atoms with Crippen molar-refractivity contribution in [1.29, 1.82) is 0 Å². The Morgan fingerprint density at radius 3 is 2.27 bits per heavy atom. The van der Waals surface area contributed by atoms with Gasteiger partial charge >= 0.3 is 0 Å². The molecule has 0 aliphatic heterocycles. The molecule has 0 heterocycles. The molecule has 1 unspecified atom stereocenters. The Morgan fingerprint density at radius 1 is 1.27 bits per heavy atom. The molecule has 0 bridgehead atoms. The van der Waals surface area contributed by atoms with E-state index in [4.69, 9.17) is 0 Å². The molecule has 0 aromatic carbocycles. The molecule has 0 aromatic heterocycles. The van der Waals surface area contributed by atoms with E-state index >= 15 is 0 Å². The topological polar surface area (TPSA) is 17.1 Å². The van der Waals surface area contributed by atoms with E-state index in [1.54, 1.807) is 0 Å². The number of rotatable bonds is 6. The van der Waals surface area contributed by atoms with Gasteiger partial charge in [-0.2, -0.15) is 0 Å². The molecule has 0 saturated heterocycles. The molecule has 0 rings (SSSR count). The van der Waals surface area contributed by atoms with E-state index in [0.717, 1.165) is 18.4 Å². The summed E-state index contributed by atoms with van der Waals surface area (Å²) in [6, 6.07) is 0. The largest absolute Gasteiger partial charge is 0.294 e. The Bertz CT molecular complexity index is 246. The minimum absolute atomic E-state index is 0.139. The highest BCUT2D eigenvalue weighted by Gasteiger charge is 2.12. The van der Waals surface area contributed by atoms with Crippen molar-refractivity contribution in [3.8, 4) is 0 Å². The fourth-order valence-electron chi connectivity index (χ4n) is 1.26. The molecule has 1 heteroatoms. The van der Waals surface area contributed by atoms with Crippen LogP contribution in [0.4, 0.5) is 0 Å². The van der Waals surface area contributed by atoms with E-state index < -0.39 is 0 Å². The van der Waals surface area contributed by atoms with Gasteiger partial charge in [0.05, 0.1) is 0 Å². The summed E-state index contributed by atoms with van der Waals surface area (Å²) in [5.41, 5.74) is 0.852. The maximum atomic E-state index is 11.9. The first-order chi connectivity index (χ1) is 7.02. The van der Waals surface area contributed by atoms with Crippen molar-refractivity contribution < 1.29 is 4.79 Å². The van der Waals surface area contributed by atoms with Crippen LogP contribution in [0.25, 0.3) is 0 Å². The van der Waals surface area contributed by atoms with Crippen molar-refractivity contribution in [1.82, 2.24) is 0 Å². The lowest BCUT2D eigenvalue weighted by atomic mass is 9.96. The van der Waals surface area contributed by atoms with Gasteiger partial charge in [-0.3, -0.25) is 4.79 Å². The highest BCUT2D eigenvalue weighted by molar-refractivity contribution is 5.99. The summed E-state index contributed by atoms with van der Waals surface area (Å²) in [5.74, 6) is 1.05. The third-order valence-electron chi connectivity index (χ3n) is 2.56. The Kier molecular flexibility index (Phi) is 7.02. The lowest BCUT2D eigenvalue weighted by molar-refractivity contribution is -0.118. The van der Waals surface area contributed by atoms with Crippen LogP contribution in [0.2, 0.25) is 0 Å². The number of carbonyl (C=O) groups excluding carboxylic acids is 1. The first-order valence-electron chi connectivity index (χ1n) is 5.89. The van der Waals surface area contributed by atoms with Crippen molar-refractivity contribution in [2.45, 2.75) is 47.5 Å². The zero-order valence-electron chi connectivity index (χ0n) is 10.7. The molecular weight excluding hydrogens is 184 g/mol. The summed E-state index contributed by atoms with van der Waals surface area (Å²) in [5, 5.41) is 0. The first-order valence-corrected chi connectivity index (χ1v) is 5.89. The fourth-order valence-corrected chi connectivity index (χ4v) is 1.26. The van der Waals surface area contributed by atoms with E-state index in [-0.39, 0.29) is 11.7 Å². The quantitative estimate of drug-likeness (QED) is 0.473. The van der Waals surface area contributed by atoms with Crippen LogP contribution < -0.4 is 0 Å². The molecule has 0 amide bonds. The van der Waals surface area contributed by atoms with Crippen molar-refractivity contribution in [2.75, 3.05) is 0 Å². The molecule has 0 aliphatic rings. The molecule has 0 saturated carbocycles. The highest BCUT2D eigenvalue weighted by atomic mass is 16.1. The van der Waals surface area contributed by atoms with Gasteiger partial charge in [0, 0.05) is 11.5 Å². The molecule has 0 aromatic rings. The van der Waals surface area contributed by atoms with Gasteiger partial charge in [0.1, 0.15) is 0 Å². The van der Waals surface area contributed by atoms with Crippen LogP contribution in [0.5, 0.6) is 0 Å². The molecule has 15 heavy (non-hydrogen) atoms. The normalized spacial score (nSPS) is 14.9. The van der Waals surface area contributed by atoms with Gasteiger partial charge in [0.2, 0.25) is 0 Å². The summed E-state index contributed by atoms with van der Waals surface area (Å²) in [4.78, 5) is 11.9. The zero-order valence-corrected chi connectivity index (χ0v) is 10.7. The van der Waals surface area contributed by atoms with Crippen LogP contribution in [0.3, 0.4) is 0 Å². The third kappa shape index (κ3) is 5.56. The molecule has 1 nitrogen and oxygen atoms in total. The predicted octanol–water partition coefficient (Wildman–Crippen LogP) is 4.15. The van der Waals surface area contributed by atoms with Crippen LogP contribution in [0, 0.1) is 11.8 Å². The van der Waals surface area contributed by atoms with Crippen LogP contribution in [0.1, 0.15) is 47.5 Å². The standard InChI is InChI=1S/C14H24O/c1-6-12(5)14(15)13(7-2)10-8-9-11(3)4/h7-8,10-12H,6,9H2,1-5H3/b10-8-,13-7+. The van der Waals surface area contributed by atoms with Crippen LogP contribution in [0.15, 0.2) is 23.8 Å². The SMILES string of the molecule is C/C=C(\C=C/CC(C)C)C(=O)C(C)CC. The van der Waals surface area contributed by atoms with E-state index in [9.17, 15) is 4.79 Å². The summed E-state index contributed by atoms with van der Waals surface area (Å²) in [7, 11) is 0. The number of hydrogen-bond donors (Lipinski definition) is 0. The van der Waals surface area contributed by atoms with Crippen molar-refractivity contribution in [3.05, 3.63) is 23.8 Å². The smallest absolute Gasteiger partial charge is 0.165 e. The van der Waals surface area contributed by atoms with Crippen LogP contribution in [-0.2, 0) is 4.79 Å². The zero-order chi connectivity index (χ0) is 11.8. The summed E-state index contributed by atoms with van der Waals surface area (Å²) < 4.78 is 0. The van der Waals surface area contributed by atoms with Crippen molar-refractivity contribution in [2.24, 2.45) is 11.8 Å². The summed E-state index contributed by atoms with van der Waals surface area (Å²) >= 11 is 0. The Morgan fingerprint density at radius 2 is 1.87 bits per heavy atom. The molecular formula is C14H24O. The lowest BCUT2D eigenvalue weighted by Crippen LogP contribution is -2.11. The second kappa shape index (κ2) is 7.44. The van der Waals surface area contributed by atoms with Gasteiger partial charge in [-0.25, -0.2) is 0 Å². The molecule has 1 atom stereocenters. The third-order valence-corrected chi connectivity index (χ3v) is 2.56. The molecule has 0 radical (unpaired) electrons. The predicted molar refractivity (Wildman–Crippen MR) is 66.8 cm³/mol. The molecule has 86 valence electrons. The fraction of sp³-hybridized carbons (Fsp3) is 0.643.